The molecule has 0 saturated carbocycles. The highest BCUT2D eigenvalue weighted by Crippen LogP contribution is 2.56. The number of benzene rings is 6. The monoisotopic (exact) mass is 1010 g/mol. The van der Waals surface area contributed by atoms with Gasteiger partial charge in [0, 0.05) is 33.1 Å². The smallest absolute Gasteiger partial charge is 0.254 e. The van der Waals surface area contributed by atoms with Crippen molar-refractivity contribution >= 4 is 78.0 Å². The first-order chi connectivity index (χ1) is 34.8. The van der Waals surface area contributed by atoms with Crippen molar-refractivity contribution in [2.45, 2.75) is 213 Å². The topological polar surface area (TPSA) is 6.48 Å². The highest BCUT2D eigenvalue weighted by molar-refractivity contribution is 7.26. The van der Waals surface area contributed by atoms with Gasteiger partial charge in [-0.15, -0.1) is 11.3 Å². The summed E-state index contributed by atoms with van der Waals surface area (Å²) in [6.07, 6.45) is 7.13. The normalized spacial score (nSPS) is 20.2. The third kappa shape index (κ3) is 7.65. The van der Waals surface area contributed by atoms with Crippen molar-refractivity contribution in [2.75, 3.05) is 9.80 Å². The summed E-state index contributed by atoms with van der Waals surface area (Å²) in [5.74, 6) is 0. The van der Waals surface area contributed by atoms with Crippen LogP contribution in [0, 0.1) is 6.92 Å². The van der Waals surface area contributed by atoms with E-state index in [4.69, 9.17) is 0 Å². The molecule has 75 heavy (non-hydrogen) atoms. The molecule has 12 rings (SSSR count). The van der Waals surface area contributed by atoms with Crippen LogP contribution in [0.4, 0.5) is 33.4 Å². The Morgan fingerprint density at radius 1 is 0.453 bits per heavy atom. The molecule has 0 bridgehead atoms. The van der Waals surface area contributed by atoms with Gasteiger partial charge >= 0.3 is 0 Å². The maximum Gasteiger partial charge on any atom is 0.254 e. The van der Waals surface area contributed by atoms with Gasteiger partial charge < -0.3 is 9.80 Å². The molecule has 0 saturated heterocycles. The zero-order valence-corrected chi connectivity index (χ0v) is 50.2. The molecular formula is C71H85BN2S. The van der Waals surface area contributed by atoms with Crippen LogP contribution in [-0.4, -0.2) is 6.71 Å². The van der Waals surface area contributed by atoms with Crippen molar-refractivity contribution in [1.29, 1.82) is 0 Å². The summed E-state index contributed by atoms with van der Waals surface area (Å²) >= 11 is 2.04. The van der Waals surface area contributed by atoms with E-state index in [9.17, 15) is 0 Å². The third-order valence-electron chi connectivity index (χ3n) is 20.1. The molecule has 2 aliphatic heterocycles. The molecule has 0 atom stereocenters. The van der Waals surface area contributed by atoms with Gasteiger partial charge in [0.05, 0.1) is 5.00 Å². The number of hydrogen-bond acceptors (Lipinski definition) is 3. The second-order valence-electron chi connectivity index (χ2n) is 30.3. The minimum Gasteiger partial charge on any atom is -0.311 e. The minimum atomic E-state index is -0.0660. The molecule has 3 heterocycles. The SMILES string of the molecule is Cc1cc2c(cc1N1c3cc(C(C)(C)C)ccc3B3c4c1cc(-c1ccccc1C(C)(C)C)cc4N(c1ccc4c(c1)C(C)(C)CCC4(C)C)c1sc4cc5c(cc4c13)C(C)(C)CCC5(C)C)C(C)(C)CCC2(C)C. The number of thiophene rings is 1. The first-order valence-corrected chi connectivity index (χ1v) is 29.6. The first kappa shape index (κ1) is 50.7. The second-order valence-corrected chi connectivity index (χ2v) is 31.3. The maximum atomic E-state index is 2.77. The number of rotatable bonds is 3. The fourth-order valence-electron chi connectivity index (χ4n) is 14.8. The predicted octanol–water partition coefficient (Wildman–Crippen LogP) is 18.6. The number of fused-ring (bicyclic) bond motifs is 9. The molecule has 0 fully saturated rings. The molecule has 0 amide bonds. The van der Waals surface area contributed by atoms with Crippen LogP contribution in [-0.2, 0) is 43.3 Å². The van der Waals surface area contributed by atoms with E-state index in [-0.39, 0.29) is 50.0 Å². The zero-order chi connectivity index (χ0) is 53.7. The number of anilines is 6. The molecule has 7 aromatic rings. The van der Waals surface area contributed by atoms with Crippen molar-refractivity contribution in [3.05, 3.63) is 147 Å². The predicted molar refractivity (Wildman–Crippen MR) is 329 cm³/mol. The van der Waals surface area contributed by atoms with Gasteiger partial charge in [0.1, 0.15) is 0 Å². The summed E-state index contributed by atoms with van der Waals surface area (Å²) in [5.41, 5.74) is 26.9. The van der Waals surface area contributed by atoms with E-state index in [2.05, 4.69) is 238 Å². The molecule has 1 aromatic heterocycles. The van der Waals surface area contributed by atoms with Gasteiger partial charge in [-0.2, -0.15) is 0 Å². The lowest BCUT2D eigenvalue weighted by molar-refractivity contribution is 0.332. The lowest BCUT2D eigenvalue weighted by atomic mass is 9.33. The van der Waals surface area contributed by atoms with Crippen LogP contribution in [0.5, 0.6) is 0 Å². The summed E-state index contributed by atoms with van der Waals surface area (Å²) in [7, 11) is 0. The highest BCUT2D eigenvalue weighted by Gasteiger charge is 2.49. The first-order valence-electron chi connectivity index (χ1n) is 28.8. The van der Waals surface area contributed by atoms with Crippen molar-refractivity contribution in [1.82, 2.24) is 0 Å². The fourth-order valence-corrected chi connectivity index (χ4v) is 16.1. The van der Waals surface area contributed by atoms with Crippen molar-refractivity contribution < 1.29 is 0 Å². The lowest BCUT2D eigenvalue weighted by Gasteiger charge is -2.46. The van der Waals surface area contributed by atoms with Crippen molar-refractivity contribution in [3.63, 3.8) is 0 Å². The average molecular weight is 1010 g/mol. The van der Waals surface area contributed by atoms with Gasteiger partial charge in [-0.05, 0) is 220 Å². The molecule has 0 unspecified atom stereocenters. The van der Waals surface area contributed by atoms with Gasteiger partial charge in [-0.1, -0.05) is 173 Å². The Labute approximate surface area is 456 Å². The third-order valence-corrected chi connectivity index (χ3v) is 21.2. The zero-order valence-electron chi connectivity index (χ0n) is 49.4. The molecule has 388 valence electrons. The fraction of sp³-hybridized carbons (Fsp3) is 0.465. The van der Waals surface area contributed by atoms with Crippen molar-refractivity contribution in [2.24, 2.45) is 0 Å². The van der Waals surface area contributed by atoms with Gasteiger partial charge in [0.25, 0.3) is 6.71 Å². The van der Waals surface area contributed by atoms with E-state index in [1.807, 2.05) is 11.3 Å². The maximum absolute atomic E-state index is 2.77. The quantitative estimate of drug-likeness (QED) is 0.163. The van der Waals surface area contributed by atoms with Gasteiger partial charge in [0.15, 0.2) is 0 Å². The average Bonchev–Trinajstić information content (AvgIpc) is 3.71. The number of aryl methyl sites for hydroxylation is 1. The Kier molecular flexibility index (Phi) is 10.8. The van der Waals surface area contributed by atoms with Gasteiger partial charge in [-0.3, -0.25) is 0 Å². The van der Waals surface area contributed by atoms with Crippen LogP contribution < -0.4 is 26.2 Å². The number of hydrogen-bond donors (Lipinski definition) is 0. The van der Waals surface area contributed by atoms with E-state index in [0.717, 1.165) is 0 Å². The number of nitrogens with zero attached hydrogens (tertiary/aromatic N) is 2. The van der Waals surface area contributed by atoms with E-state index in [1.54, 1.807) is 0 Å². The molecule has 3 aliphatic carbocycles. The van der Waals surface area contributed by atoms with Gasteiger partial charge in [-0.25, -0.2) is 0 Å². The second kappa shape index (κ2) is 16.0. The molecule has 2 nitrogen and oxygen atoms in total. The Bertz CT molecular complexity index is 3560. The minimum absolute atomic E-state index is 0.0150. The summed E-state index contributed by atoms with van der Waals surface area (Å²) in [6.45, 7) is 46.6. The summed E-state index contributed by atoms with van der Waals surface area (Å²) in [4.78, 5) is 5.53. The van der Waals surface area contributed by atoms with Crippen LogP contribution in [0.15, 0.2) is 97.1 Å². The summed E-state index contributed by atoms with van der Waals surface area (Å²) < 4.78 is 1.41. The van der Waals surface area contributed by atoms with Crippen LogP contribution in [0.25, 0.3) is 21.2 Å². The molecule has 5 aliphatic rings. The van der Waals surface area contributed by atoms with E-state index in [1.165, 1.54) is 160 Å². The van der Waals surface area contributed by atoms with Crippen LogP contribution in [0.2, 0.25) is 0 Å². The van der Waals surface area contributed by atoms with Crippen LogP contribution >= 0.6 is 11.3 Å². The van der Waals surface area contributed by atoms with E-state index < -0.39 is 0 Å². The summed E-state index contributed by atoms with van der Waals surface area (Å²) in [5, 5.41) is 2.80. The Morgan fingerprint density at radius 3 is 1.56 bits per heavy atom. The standard InChI is InChI=1S/C71H85BN2S/c1-42-34-50-53(70(16,17)32-30-67(50,10)11)40-56(42)74-57-37-44(64(2,3)4)24-27-55(57)72-61-47-39-52-54(71(18,19)33-31-69(52,14)15)41-60(47)75-63(61)73(45-25-26-49-51(38-45)68(12,13)29-28-66(49,8)9)58-35-43(36-59(74)62(58)72)46-22-20-21-23-48(46)65(5,6)7/h20-27,34-41H,28-33H2,1-19H3. The highest BCUT2D eigenvalue weighted by atomic mass is 32.1. The molecule has 0 N–H and O–H groups in total. The Hall–Kier alpha value is -5.06. The Balaban J connectivity index is 1.26. The molecular weight excluding hydrogens is 924 g/mol. The van der Waals surface area contributed by atoms with E-state index >= 15 is 0 Å². The van der Waals surface area contributed by atoms with Crippen LogP contribution in [0.3, 0.4) is 0 Å². The molecule has 0 spiro atoms. The van der Waals surface area contributed by atoms with E-state index in [0.29, 0.717) is 0 Å². The Morgan fingerprint density at radius 2 is 0.973 bits per heavy atom. The van der Waals surface area contributed by atoms with Crippen molar-refractivity contribution in [3.8, 4) is 11.1 Å². The lowest BCUT2D eigenvalue weighted by Crippen LogP contribution is -2.61. The molecule has 6 aromatic carbocycles. The van der Waals surface area contributed by atoms with Gasteiger partial charge in [0.2, 0.25) is 0 Å². The summed E-state index contributed by atoms with van der Waals surface area (Å²) in [6, 6.07) is 40.4. The molecule has 4 heteroatoms. The largest absolute Gasteiger partial charge is 0.311 e. The molecule has 0 radical (unpaired) electrons. The van der Waals surface area contributed by atoms with Crippen LogP contribution in [0.1, 0.15) is 213 Å².